The van der Waals surface area contributed by atoms with E-state index in [1.807, 2.05) is 31.3 Å². The van der Waals surface area contributed by atoms with Crippen molar-refractivity contribution in [3.8, 4) is 0 Å². The Bertz CT molecular complexity index is 522. The molecule has 0 aliphatic carbocycles. The van der Waals surface area contributed by atoms with Crippen LogP contribution < -0.4 is 10.0 Å². The summed E-state index contributed by atoms with van der Waals surface area (Å²) in [7, 11) is -1.38. The van der Waals surface area contributed by atoms with Crippen LogP contribution in [0.2, 0.25) is 0 Å². The summed E-state index contributed by atoms with van der Waals surface area (Å²) in [5.41, 5.74) is 1.96. The van der Waals surface area contributed by atoms with Crippen LogP contribution in [-0.2, 0) is 27.1 Å². The Kier molecular flexibility index (Phi) is 6.17. The van der Waals surface area contributed by atoms with Gasteiger partial charge in [-0.2, -0.15) is 0 Å². The number of hydrogen-bond donors (Lipinski definition) is 2. The Labute approximate surface area is 127 Å². The van der Waals surface area contributed by atoms with Gasteiger partial charge in [-0.1, -0.05) is 24.3 Å². The fourth-order valence-electron chi connectivity index (χ4n) is 2.42. The van der Waals surface area contributed by atoms with Crippen molar-refractivity contribution in [3.05, 3.63) is 35.4 Å². The number of benzene rings is 1. The topological polar surface area (TPSA) is 67.4 Å². The lowest BCUT2D eigenvalue weighted by molar-refractivity contribution is 0.0678. The van der Waals surface area contributed by atoms with E-state index in [9.17, 15) is 8.42 Å². The van der Waals surface area contributed by atoms with E-state index in [2.05, 4.69) is 10.0 Å². The number of rotatable bonds is 7. The smallest absolute Gasteiger partial charge is 0.215 e. The predicted octanol–water partition coefficient (Wildman–Crippen LogP) is 1.25. The lowest BCUT2D eigenvalue weighted by Gasteiger charge is -2.22. The summed E-state index contributed by atoms with van der Waals surface area (Å²) in [6.07, 6.45) is 1.86. The number of nitrogens with one attached hydrogen (secondary N) is 2. The van der Waals surface area contributed by atoms with Crippen molar-refractivity contribution in [1.29, 1.82) is 0 Å². The first-order valence-corrected chi connectivity index (χ1v) is 9.02. The number of ether oxygens (including phenoxy) is 1. The Hall–Kier alpha value is -0.950. The summed E-state index contributed by atoms with van der Waals surface area (Å²) >= 11 is 0. The average Bonchev–Trinajstić information content (AvgIpc) is 2.48. The molecule has 0 radical (unpaired) electrons. The molecule has 0 saturated carbocycles. The van der Waals surface area contributed by atoms with E-state index in [1.165, 1.54) is 0 Å². The van der Waals surface area contributed by atoms with Crippen LogP contribution in [0.1, 0.15) is 24.0 Å². The summed E-state index contributed by atoms with van der Waals surface area (Å²) in [5, 5.41) is 3.07. The highest BCUT2D eigenvalue weighted by atomic mass is 32.2. The Morgan fingerprint density at radius 2 is 1.76 bits per heavy atom. The van der Waals surface area contributed by atoms with Crippen LogP contribution in [0.25, 0.3) is 0 Å². The molecule has 2 N–H and O–H groups in total. The van der Waals surface area contributed by atoms with Crippen molar-refractivity contribution in [2.24, 2.45) is 5.92 Å². The lowest BCUT2D eigenvalue weighted by atomic mass is 10.0. The Balaban J connectivity index is 1.84. The zero-order valence-corrected chi connectivity index (χ0v) is 13.3. The average molecular weight is 312 g/mol. The van der Waals surface area contributed by atoms with Crippen LogP contribution >= 0.6 is 0 Å². The molecule has 0 atom stereocenters. The molecule has 0 amide bonds. The molecule has 1 aliphatic heterocycles. The molecule has 0 bridgehead atoms. The van der Waals surface area contributed by atoms with E-state index in [4.69, 9.17) is 4.74 Å². The summed E-state index contributed by atoms with van der Waals surface area (Å²) in [4.78, 5) is 0. The van der Waals surface area contributed by atoms with Gasteiger partial charge in [0.25, 0.3) is 0 Å². The minimum Gasteiger partial charge on any atom is -0.381 e. The van der Waals surface area contributed by atoms with Crippen LogP contribution in [0.15, 0.2) is 24.3 Å². The van der Waals surface area contributed by atoms with Crippen LogP contribution in [-0.4, -0.2) is 35.2 Å². The standard InChI is InChI=1S/C15H24N2O3S/c1-16-10-13-2-4-15(5-3-13)12-21(18,19)17-11-14-6-8-20-9-7-14/h2-5,14,16-17H,6-12H2,1H3. The molecule has 1 aromatic rings. The molecule has 0 unspecified atom stereocenters. The van der Waals surface area contributed by atoms with Crippen LogP contribution in [0.5, 0.6) is 0 Å². The van der Waals surface area contributed by atoms with Gasteiger partial charge in [0.1, 0.15) is 0 Å². The van der Waals surface area contributed by atoms with Crippen LogP contribution in [0, 0.1) is 5.92 Å². The maximum Gasteiger partial charge on any atom is 0.215 e. The fourth-order valence-corrected chi connectivity index (χ4v) is 3.65. The second-order valence-electron chi connectivity index (χ2n) is 5.51. The van der Waals surface area contributed by atoms with Gasteiger partial charge in [0.2, 0.25) is 10.0 Å². The van der Waals surface area contributed by atoms with Gasteiger partial charge in [-0.05, 0) is 36.9 Å². The van der Waals surface area contributed by atoms with Gasteiger partial charge in [-0.25, -0.2) is 13.1 Å². The molecule has 0 spiro atoms. The normalized spacial score (nSPS) is 17.0. The van der Waals surface area contributed by atoms with Crippen molar-refractivity contribution < 1.29 is 13.2 Å². The van der Waals surface area contributed by atoms with Crippen LogP contribution in [0.4, 0.5) is 0 Å². The third-order valence-electron chi connectivity index (χ3n) is 3.69. The molecule has 118 valence electrons. The molecule has 6 heteroatoms. The molecule has 1 fully saturated rings. The van der Waals surface area contributed by atoms with Crippen molar-refractivity contribution in [2.45, 2.75) is 25.1 Å². The molecular formula is C15H24N2O3S. The molecule has 21 heavy (non-hydrogen) atoms. The summed E-state index contributed by atoms with van der Waals surface area (Å²) < 4.78 is 32.2. The van der Waals surface area contributed by atoms with Gasteiger partial charge >= 0.3 is 0 Å². The molecular weight excluding hydrogens is 288 g/mol. The van der Waals surface area contributed by atoms with Gasteiger partial charge in [0.15, 0.2) is 0 Å². The highest BCUT2D eigenvalue weighted by Crippen LogP contribution is 2.14. The Morgan fingerprint density at radius 3 is 2.38 bits per heavy atom. The number of sulfonamides is 1. The van der Waals surface area contributed by atoms with E-state index in [1.54, 1.807) is 0 Å². The quantitative estimate of drug-likeness (QED) is 0.795. The van der Waals surface area contributed by atoms with Crippen molar-refractivity contribution in [3.63, 3.8) is 0 Å². The molecule has 1 saturated heterocycles. The van der Waals surface area contributed by atoms with E-state index in [0.717, 1.165) is 43.7 Å². The predicted molar refractivity (Wildman–Crippen MR) is 83.4 cm³/mol. The van der Waals surface area contributed by atoms with E-state index >= 15 is 0 Å². The van der Waals surface area contributed by atoms with E-state index in [0.29, 0.717) is 12.5 Å². The first kappa shape index (κ1) is 16.4. The third kappa shape index (κ3) is 5.74. The second-order valence-corrected chi connectivity index (χ2v) is 7.32. The fraction of sp³-hybridized carbons (Fsp3) is 0.600. The molecule has 0 aromatic heterocycles. The summed E-state index contributed by atoms with van der Waals surface area (Å²) in [6, 6.07) is 7.67. The second kappa shape index (κ2) is 7.89. The maximum atomic E-state index is 12.1. The van der Waals surface area contributed by atoms with Crippen molar-refractivity contribution in [1.82, 2.24) is 10.0 Å². The number of hydrogen-bond acceptors (Lipinski definition) is 4. The Morgan fingerprint density at radius 1 is 1.14 bits per heavy atom. The van der Waals surface area contributed by atoms with Gasteiger partial charge in [0.05, 0.1) is 5.75 Å². The maximum absolute atomic E-state index is 12.1. The first-order valence-electron chi connectivity index (χ1n) is 7.36. The van der Waals surface area contributed by atoms with Crippen molar-refractivity contribution >= 4 is 10.0 Å². The highest BCUT2D eigenvalue weighted by Gasteiger charge is 2.17. The van der Waals surface area contributed by atoms with E-state index in [-0.39, 0.29) is 5.75 Å². The summed E-state index contributed by atoms with van der Waals surface area (Å²) in [6.45, 7) is 2.78. The molecule has 1 heterocycles. The zero-order valence-electron chi connectivity index (χ0n) is 12.5. The molecule has 2 rings (SSSR count). The van der Waals surface area contributed by atoms with Gasteiger partial charge in [-0.15, -0.1) is 0 Å². The summed E-state index contributed by atoms with van der Waals surface area (Å²) in [5.74, 6) is 0.433. The molecule has 1 aromatic carbocycles. The minimum absolute atomic E-state index is 0.0378. The SMILES string of the molecule is CNCc1ccc(CS(=O)(=O)NCC2CCOCC2)cc1. The minimum atomic E-state index is -3.27. The van der Waals surface area contributed by atoms with Crippen LogP contribution in [0.3, 0.4) is 0 Å². The monoisotopic (exact) mass is 312 g/mol. The third-order valence-corrected chi connectivity index (χ3v) is 5.01. The molecule has 5 nitrogen and oxygen atoms in total. The van der Waals surface area contributed by atoms with Gasteiger partial charge in [0, 0.05) is 26.3 Å². The largest absolute Gasteiger partial charge is 0.381 e. The van der Waals surface area contributed by atoms with Gasteiger partial charge < -0.3 is 10.1 Å². The highest BCUT2D eigenvalue weighted by molar-refractivity contribution is 7.88. The van der Waals surface area contributed by atoms with E-state index < -0.39 is 10.0 Å². The zero-order chi connectivity index (χ0) is 15.1. The first-order chi connectivity index (χ1) is 10.1. The van der Waals surface area contributed by atoms with Gasteiger partial charge in [-0.3, -0.25) is 0 Å². The lowest BCUT2D eigenvalue weighted by Crippen LogP contribution is -2.32. The molecule has 1 aliphatic rings. The van der Waals surface area contributed by atoms with Crippen molar-refractivity contribution in [2.75, 3.05) is 26.8 Å².